The molecule has 102 valence electrons. The second-order valence-corrected chi connectivity index (χ2v) is 6.26. The minimum absolute atomic E-state index is 0.422. The average molecular weight is 351 g/mol. The Morgan fingerprint density at radius 3 is 2.95 bits per heavy atom. The van der Waals surface area contributed by atoms with Crippen molar-refractivity contribution in [3.63, 3.8) is 0 Å². The van der Waals surface area contributed by atoms with Crippen molar-refractivity contribution >= 4 is 33.0 Å². The zero-order chi connectivity index (χ0) is 14.1. The highest BCUT2D eigenvalue weighted by atomic mass is 79.9. The van der Waals surface area contributed by atoms with E-state index in [-0.39, 0.29) is 0 Å². The highest BCUT2D eigenvalue weighted by molar-refractivity contribution is 9.10. The molecule has 0 radical (unpaired) electrons. The van der Waals surface area contributed by atoms with Gasteiger partial charge in [-0.1, -0.05) is 21.1 Å². The summed E-state index contributed by atoms with van der Waals surface area (Å²) >= 11 is 5.01. The molecule has 20 heavy (non-hydrogen) atoms. The molecule has 2 N–H and O–H groups in total. The normalized spacial score (nSPS) is 10.9. The van der Waals surface area contributed by atoms with Gasteiger partial charge in [0.15, 0.2) is 5.82 Å². The molecule has 0 atom stereocenters. The molecule has 7 heteroatoms. The van der Waals surface area contributed by atoms with E-state index >= 15 is 0 Å². The molecule has 0 unspecified atom stereocenters. The second kappa shape index (κ2) is 5.34. The smallest absolute Gasteiger partial charge is 0.260 e. The first kappa shape index (κ1) is 13.3. The van der Waals surface area contributed by atoms with E-state index in [2.05, 4.69) is 31.1 Å². The molecule has 0 amide bonds. The Bertz CT molecular complexity index is 752. The summed E-state index contributed by atoms with van der Waals surface area (Å²) in [6.45, 7) is 1.97. The quantitative estimate of drug-likeness (QED) is 0.732. The molecule has 2 heterocycles. The predicted octanol–water partition coefficient (Wildman–Crippen LogP) is 3.44. The summed E-state index contributed by atoms with van der Waals surface area (Å²) in [5, 5.41) is 7.00. The largest absolute Gasteiger partial charge is 0.398 e. The maximum Gasteiger partial charge on any atom is 0.260 e. The molecule has 0 saturated heterocycles. The Morgan fingerprint density at radius 2 is 2.20 bits per heavy atom. The first-order valence-electron chi connectivity index (χ1n) is 5.91. The molecule has 0 bridgehead atoms. The average Bonchev–Trinajstić information content (AvgIpc) is 3.02. The molecule has 0 aliphatic carbocycles. The number of rotatable bonds is 3. The van der Waals surface area contributed by atoms with Gasteiger partial charge < -0.3 is 10.3 Å². The number of thiazole rings is 1. The van der Waals surface area contributed by atoms with Gasteiger partial charge in [-0.2, -0.15) is 4.98 Å². The van der Waals surface area contributed by atoms with Crippen LogP contribution in [0.15, 0.2) is 32.6 Å². The number of halogens is 1. The Balaban J connectivity index is 1.88. The summed E-state index contributed by atoms with van der Waals surface area (Å²) in [5.41, 5.74) is 8.21. The standard InChI is InChI=1S/C13H11BrN4OS/c1-7-16-9(6-20-7)5-12-17-13(19-18-12)10-4-8(14)2-3-11(10)15/h2-4,6H,5,15H2,1H3. The van der Waals surface area contributed by atoms with Crippen molar-refractivity contribution in [2.75, 3.05) is 5.73 Å². The molecule has 3 aromatic rings. The van der Waals surface area contributed by atoms with Crippen molar-refractivity contribution in [2.24, 2.45) is 0 Å². The number of hydrogen-bond acceptors (Lipinski definition) is 6. The van der Waals surface area contributed by atoms with Gasteiger partial charge in [0, 0.05) is 15.5 Å². The lowest BCUT2D eigenvalue weighted by molar-refractivity contribution is 0.424. The lowest BCUT2D eigenvalue weighted by atomic mass is 10.2. The van der Waals surface area contributed by atoms with Gasteiger partial charge in [0.05, 0.1) is 22.7 Å². The van der Waals surface area contributed by atoms with Crippen molar-refractivity contribution in [1.82, 2.24) is 15.1 Å². The minimum atomic E-state index is 0.422. The van der Waals surface area contributed by atoms with Gasteiger partial charge in [0.25, 0.3) is 5.89 Å². The molecule has 5 nitrogen and oxygen atoms in total. The van der Waals surface area contributed by atoms with E-state index in [1.54, 1.807) is 17.4 Å². The minimum Gasteiger partial charge on any atom is -0.398 e. The number of aryl methyl sites for hydroxylation is 1. The molecule has 2 aromatic heterocycles. The fourth-order valence-electron chi connectivity index (χ4n) is 1.80. The number of nitrogen functional groups attached to an aromatic ring is 1. The third kappa shape index (κ3) is 2.73. The Morgan fingerprint density at radius 1 is 1.35 bits per heavy atom. The van der Waals surface area contributed by atoms with E-state index in [1.807, 2.05) is 24.4 Å². The van der Waals surface area contributed by atoms with Crippen LogP contribution in [0.5, 0.6) is 0 Å². The van der Waals surface area contributed by atoms with Crippen molar-refractivity contribution in [1.29, 1.82) is 0 Å². The van der Waals surface area contributed by atoms with Crippen LogP contribution in [-0.4, -0.2) is 15.1 Å². The summed E-state index contributed by atoms with van der Waals surface area (Å²) in [5.74, 6) is 1.02. The third-order valence-corrected chi connectivity index (χ3v) is 4.04. The zero-order valence-corrected chi connectivity index (χ0v) is 13.0. The van der Waals surface area contributed by atoms with E-state index < -0.39 is 0 Å². The topological polar surface area (TPSA) is 77.8 Å². The van der Waals surface area contributed by atoms with Crippen molar-refractivity contribution in [3.05, 3.63) is 44.6 Å². The van der Waals surface area contributed by atoms with Gasteiger partial charge in [0.1, 0.15) is 0 Å². The van der Waals surface area contributed by atoms with Crippen LogP contribution in [0, 0.1) is 6.92 Å². The number of nitrogens with zero attached hydrogens (tertiary/aromatic N) is 3. The first-order valence-corrected chi connectivity index (χ1v) is 7.58. The van der Waals surface area contributed by atoms with Crippen LogP contribution >= 0.6 is 27.3 Å². The van der Waals surface area contributed by atoms with E-state index in [0.29, 0.717) is 23.8 Å². The lowest BCUT2D eigenvalue weighted by Gasteiger charge is -2.00. The zero-order valence-electron chi connectivity index (χ0n) is 10.6. The SMILES string of the molecule is Cc1nc(Cc2noc(-c3cc(Br)ccc3N)n2)cs1. The third-order valence-electron chi connectivity index (χ3n) is 2.72. The van der Waals surface area contributed by atoms with Crippen molar-refractivity contribution in [3.8, 4) is 11.5 Å². The lowest BCUT2D eigenvalue weighted by Crippen LogP contribution is -1.92. The van der Waals surface area contributed by atoms with E-state index in [0.717, 1.165) is 20.7 Å². The highest BCUT2D eigenvalue weighted by Crippen LogP contribution is 2.28. The summed E-state index contributed by atoms with van der Waals surface area (Å²) in [4.78, 5) is 8.76. The number of anilines is 1. The van der Waals surface area contributed by atoms with E-state index in [9.17, 15) is 0 Å². The predicted molar refractivity (Wildman–Crippen MR) is 81.5 cm³/mol. The van der Waals surface area contributed by atoms with Gasteiger partial charge in [0.2, 0.25) is 0 Å². The second-order valence-electron chi connectivity index (χ2n) is 4.28. The molecule has 0 aliphatic rings. The monoisotopic (exact) mass is 350 g/mol. The van der Waals surface area contributed by atoms with Gasteiger partial charge >= 0.3 is 0 Å². The summed E-state index contributed by atoms with van der Waals surface area (Å²) in [7, 11) is 0. The first-order chi connectivity index (χ1) is 9.61. The van der Waals surface area contributed by atoms with Crippen LogP contribution in [0.25, 0.3) is 11.5 Å². The molecule has 0 aliphatic heterocycles. The van der Waals surface area contributed by atoms with Gasteiger partial charge in [-0.25, -0.2) is 4.98 Å². The fraction of sp³-hybridized carbons (Fsp3) is 0.154. The Kier molecular flexibility index (Phi) is 3.54. The summed E-state index contributed by atoms with van der Waals surface area (Å²) in [6.07, 6.45) is 0.557. The Hall–Kier alpha value is -1.73. The number of nitrogens with two attached hydrogens (primary N) is 1. The molecule has 0 fully saturated rings. The molecule has 3 rings (SSSR count). The van der Waals surface area contributed by atoms with E-state index in [4.69, 9.17) is 10.3 Å². The maximum absolute atomic E-state index is 5.93. The van der Waals surface area contributed by atoms with Gasteiger partial charge in [-0.3, -0.25) is 0 Å². The summed E-state index contributed by atoms with van der Waals surface area (Å²) < 4.78 is 6.19. The number of aromatic nitrogens is 3. The number of benzene rings is 1. The van der Waals surface area contributed by atoms with Crippen molar-refractivity contribution in [2.45, 2.75) is 13.3 Å². The molecular formula is C13H11BrN4OS. The maximum atomic E-state index is 5.93. The molecule has 1 aromatic carbocycles. The van der Waals surface area contributed by atoms with E-state index in [1.165, 1.54) is 0 Å². The van der Waals surface area contributed by atoms with Crippen molar-refractivity contribution < 1.29 is 4.52 Å². The van der Waals surface area contributed by atoms with Gasteiger partial charge in [-0.05, 0) is 25.1 Å². The van der Waals surface area contributed by atoms with Crippen LogP contribution < -0.4 is 5.73 Å². The number of hydrogen-bond donors (Lipinski definition) is 1. The highest BCUT2D eigenvalue weighted by Gasteiger charge is 2.13. The summed E-state index contributed by atoms with van der Waals surface area (Å²) in [6, 6.07) is 5.53. The molecular weight excluding hydrogens is 340 g/mol. The Labute approximate surface area is 128 Å². The van der Waals surface area contributed by atoms with Crippen LogP contribution in [0.4, 0.5) is 5.69 Å². The van der Waals surface area contributed by atoms with Crippen LogP contribution in [0.1, 0.15) is 16.5 Å². The molecule has 0 spiro atoms. The van der Waals surface area contributed by atoms with Crippen LogP contribution in [0.2, 0.25) is 0 Å². The van der Waals surface area contributed by atoms with Gasteiger partial charge in [-0.15, -0.1) is 11.3 Å². The van der Waals surface area contributed by atoms with Crippen LogP contribution in [-0.2, 0) is 6.42 Å². The fourth-order valence-corrected chi connectivity index (χ4v) is 2.77. The molecule has 0 saturated carbocycles. The van der Waals surface area contributed by atoms with Crippen LogP contribution in [0.3, 0.4) is 0 Å².